The highest BCUT2D eigenvalue weighted by Gasteiger charge is 2.39. The van der Waals surface area contributed by atoms with Gasteiger partial charge < -0.3 is 30.9 Å². The first-order valence-electron chi connectivity index (χ1n) is 16.4. The number of piperidine rings is 2. The maximum Gasteiger partial charge on any atom is 0.271 e. The van der Waals surface area contributed by atoms with Crippen LogP contribution in [0.3, 0.4) is 0 Å². The number of carbonyl (C=O) groups excluding carboxylic acids is 5. The molecule has 5 N–H and O–H groups in total. The van der Waals surface area contributed by atoms with Crippen LogP contribution in [0.1, 0.15) is 76.2 Å². The number of rotatable bonds is 13. The second-order valence-corrected chi connectivity index (χ2v) is 13.2. The van der Waals surface area contributed by atoms with Crippen molar-refractivity contribution in [1.82, 2.24) is 29.9 Å². The van der Waals surface area contributed by atoms with Crippen molar-refractivity contribution in [3.63, 3.8) is 0 Å². The summed E-state index contributed by atoms with van der Waals surface area (Å²) in [5.41, 5.74) is 8.95. The number of hydrogen-bond acceptors (Lipinski definition) is 12. The topological polar surface area (TPSA) is 202 Å². The largest absolute Gasteiger partial charge is 0.381 e. The minimum Gasteiger partial charge on any atom is -0.381 e. The smallest absolute Gasteiger partial charge is 0.271 e. The normalized spacial score (nSPS) is 19.1. The van der Waals surface area contributed by atoms with Crippen LogP contribution in [0.5, 0.6) is 0 Å². The number of benzene rings is 1. The van der Waals surface area contributed by atoms with Crippen molar-refractivity contribution in [1.29, 1.82) is 0 Å². The molecule has 6 rings (SSSR count). The third-order valence-electron chi connectivity index (χ3n) is 8.86. The molecule has 15 nitrogen and oxygen atoms in total. The predicted octanol–water partition coefficient (Wildman–Crippen LogP) is 1.97. The first kappa shape index (κ1) is 33.9. The van der Waals surface area contributed by atoms with E-state index in [1.54, 1.807) is 11.0 Å². The molecule has 2 aromatic heterocycles. The third kappa shape index (κ3) is 8.03. The van der Waals surface area contributed by atoms with Gasteiger partial charge in [0.2, 0.25) is 17.7 Å². The van der Waals surface area contributed by atoms with Crippen molar-refractivity contribution in [2.24, 2.45) is 5.73 Å². The molecule has 0 spiro atoms. The van der Waals surface area contributed by atoms with Gasteiger partial charge in [0, 0.05) is 50.7 Å². The Balaban J connectivity index is 0.938. The van der Waals surface area contributed by atoms with E-state index in [9.17, 15) is 24.0 Å². The molecule has 0 saturated carbocycles. The van der Waals surface area contributed by atoms with E-state index >= 15 is 0 Å². The molecule has 5 heterocycles. The first-order chi connectivity index (χ1) is 23.7. The van der Waals surface area contributed by atoms with Crippen LogP contribution in [-0.2, 0) is 32.1 Å². The molecular formula is C33H39N9O6S. The van der Waals surface area contributed by atoms with Gasteiger partial charge in [-0.1, -0.05) is 12.1 Å². The zero-order valence-electron chi connectivity index (χ0n) is 27.2. The number of aromatic nitrogens is 3. The monoisotopic (exact) mass is 689 g/mol. The van der Waals surface area contributed by atoms with Gasteiger partial charge in [0.25, 0.3) is 11.8 Å². The number of nitrogens with zero attached hydrogens (tertiary/aromatic N) is 5. The number of ether oxygens (including phenoxy) is 1. The molecule has 3 aliphatic rings. The summed E-state index contributed by atoms with van der Waals surface area (Å²) in [5, 5.41) is 9.26. The summed E-state index contributed by atoms with van der Waals surface area (Å²) < 4.78 is 10.0. The summed E-state index contributed by atoms with van der Waals surface area (Å²) >= 11 is 1.25. The van der Waals surface area contributed by atoms with Crippen LogP contribution in [0.25, 0.3) is 0 Å². The highest BCUT2D eigenvalue weighted by molar-refractivity contribution is 7.10. The van der Waals surface area contributed by atoms with E-state index in [4.69, 9.17) is 10.5 Å². The van der Waals surface area contributed by atoms with E-state index in [-0.39, 0.29) is 54.7 Å². The van der Waals surface area contributed by atoms with Crippen LogP contribution in [-0.4, -0.2) is 87.2 Å². The number of primary amides is 1. The molecule has 16 heteroatoms. The number of carbonyl (C=O) groups is 5. The van der Waals surface area contributed by atoms with Crippen LogP contribution < -0.4 is 26.6 Å². The fraction of sp³-hybridized carbons (Fsp3) is 0.455. The zero-order chi connectivity index (χ0) is 34.5. The van der Waals surface area contributed by atoms with Gasteiger partial charge in [0.05, 0.1) is 18.5 Å². The molecule has 1 aromatic carbocycles. The van der Waals surface area contributed by atoms with Gasteiger partial charge in [0.1, 0.15) is 16.9 Å². The lowest BCUT2D eigenvalue weighted by atomic mass is 10.00. The van der Waals surface area contributed by atoms with E-state index in [0.717, 1.165) is 41.2 Å². The number of anilines is 3. The second kappa shape index (κ2) is 15.1. The van der Waals surface area contributed by atoms with Gasteiger partial charge in [-0.25, -0.2) is 9.97 Å². The highest BCUT2D eigenvalue weighted by atomic mass is 32.1. The van der Waals surface area contributed by atoms with Crippen molar-refractivity contribution in [3.05, 3.63) is 58.5 Å². The van der Waals surface area contributed by atoms with Gasteiger partial charge in [-0.15, -0.1) is 0 Å². The lowest BCUT2D eigenvalue weighted by Gasteiger charge is -2.34. The fourth-order valence-electron chi connectivity index (χ4n) is 6.46. The molecule has 3 aromatic rings. The minimum atomic E-state index is -0.688. The lowest BCUT2D eigenvalue weighted by molar-refractivity contribution is -0.137. The molecule has 3 aliphatic heterocycles. The highest BCUT2D eigenvalue weighted by Crippen LogP contribution is 2.30. The van der Waals surface area contributed by atoms with E-state index < -0.39 is 17.9 Å². The van der Waals surface area contributed by atoms with Gasteiger partial charge in [-0.2, -0.15) is 4.37 Å². The summed E-state index contributed by atoms with van der Waals surface area (Å²) in [6.07, 6.45) is 5.36. The second-order valence-electron chi connectivity index (χ2n) is 12.4. The molecule has 5 amide bonds. The Morgan fingerprint density at radius 1 is 1.18 bits per heavy atom. The molecule has 49 heavy (non-hydrogen) atoms. The van der Waals surface area contributed by atoms with Crippen LogP contribution in [0.15, 0.2) is 30.5 Å². The van der Waals surface area contributed by atoms with E-state index in [1.807, 2.05) is 30.0 Å². The Hall–Kier alpha value is -4.96. The molecular weight excluding hydrogens is 650 g/mol. The number of hydrogen-bond donors (Lipinski definition) is 4. The molecule has 0 radical (unpaired) electrons. The SMILES string of the molecule is Cc1cc(Nc2nc(N3CCC[C@@H](NC(=O)CCOCCCc4cccc5c4CN(C4CCC(=O)NC4=O)C5=O)C3)cnc2C(N)=O)sn1. The molecule has 1 unspecified atom stereocenters. The van der Waals surface area contributed by atoms with Crippen LogP contribution in [0.4, 0.5) is 16.6 Å². The van der Waals surface area contributed by atoms with E-state index in [1.165, 1.54) is 17.7 Å². The molecule has 2 atom stereocenters. The Morgan fingerprint density at radius 3 is 2.82 bits per heavy atom. The molecule has 2 saturated heterocycles. The Morgan fingerprint density at radius 2 is 2.04 bits per heavy atom. The van der Waals surface area contributed by atoms with Crippen LogP contribution in [0, 0.1) is 6.92 Å². The quantitative estimate of drug-likeness (QED) is 0.151. The van der Waals surface area contributed by atoms with Gasteiger partial charge >= 0.3 is 0 Å². The number of amides is 5. The van der Waals surface area contributed by atoms with E-state index in [0.29, 0.717) is 50.3 Å². The number of fused-ring (bicyclic) bond motifs is 1. The van der Waals surface area contributed by atoms with Gasteiger partial charge in [-0.3, -0.25) is 29.3 Å². The minimum absolute atomic E-state index is 0.0378. The van der Waals surface area contributed by atoms with Crippen molar-refractivity contribution in [2.45, 2.75) is 70.5 Å². The predicted molar refractivity (Wildman–Crippen MR) is 180 cm³/mol. The maximum absolute atomic E-state index is 13.1. The molecule has 0 bridgehead atoms. The van der Waals surface area contributed by atoms with E-state index in [2.05, 4.69) is 30.3 Å². The number of imide groups is 1. The van der Waals surface area contributed by atoms with Crippen molar-refractivity contribution in [2.75, 3.05) is 36.5 Å². The summed E-state index contributed by atoms with van der Waals surface area (Å²) in [6, 6.07) is 6.73. The van der Waals surface area contributed by atoms with Gasteiger partial charge in [0.15, 0.2) is 11.5 Å². The first-order valence-corrected chi connectivity index (χ1v) is 17.2. The summed E-state index contributed by atoms with van der Waals surface area (Å²) in [6.45, 7) is 4.22. The Bertz CT molecular complexity index is 1760. The van der Waals surface area contributed by atoms with Crippen LogP contribution in [0.2, 0.25) is 0 Å². The summed E-state index contributed by atoms with van der Waals surface area (Å²) in [4.78, 5) is 74.2. The van der Waals surface area contributed by atoms with Gasteiger partial charge in [-0.05, 0) is 73.8 Å². The third-order valence-corrected chi connectivity index (χ3v) is 9.66. The Kier molecular flexibility index (Phi) is 10.4. The lowest BCUT2D eigenvalue weighted by Crippen LogP contribution is -2.52. The number of nitrogens with two attached hydrogens (primary N) is 1. The standard InChI is InChI=1S/C33H39N9O6S/c1-19-15-28(49-40-19)39-31-29(30(34)45)35-16-25(37-31)41-12-3-7-21(17-41)36-27(44)11-14-48-13-4-6-20-5-2-8-22-23(20)18-42(33(22)47)24-9-10-26(43)38-32(24)46/h2,5,8,15-16,21,24H,3-4,6-7,9-14,17-18H2,1H3,(H2,34,45)(H,36,44)(H,37,39)(H,38,43,46)/t21-,24?/m1/s1. The molecule has 258 valence electrons. The maximum atomic E-state index is 13.1. The summed E-state index contributed by atoms with van der Waals surface area (Å²) in [5.74, 6) is -0.870. The number of nitrogens with one attached hydrogen (secondary N) is 3. The average molecular weight is 690 g/mol. The zero-order valence-corrected chi connectivity index (χ0v) is 28.0. The average Bonchev–Trinajstić information content (AvgIpc) is 3.64. The van der Waals surface area contributed by atoms with Crippen LogP contribution >= 0.6 is 11.5 Å². The fourth-order valence-corrected chi connectivity index (χ4v) is 7.12. The Labute approximate surface area is 287 Å². The number of aryl methyl sites for hydroxylation is 2. The summed E-state index contributed by atoms with van der Waals surface area (Å²) in [7, 11) is 0. The molecule has 0 aliphatic carbocycles. The van der Waals surface area contributed by atoms with Crippen molar-refractivity contribution in [3.8, 4) is 0 Å². The van der Waals surface area contributed by atoms with Crippen molar-refractivity contribution >= 4 is 57.7 Å². The van der Waals surface area contributed by atoms with Crippen molar-refractivity contribution < 1.29 is 28.7 Å². The molecule has 2 fully saturated rings.